The van der Waals surface area contributed by atoms with Gasteiger partial charge in [0.15, 0.2) is 5.16 Å². The van der Waals surface area contributed by atoms with E-state index in [2.05, 4.69) is 15.3 Å². The van der Waals surface area contributed by atoms with Crippen molar-refractivity contribution in [2.24, 2.45) is 0 Å². The number of hydrogen-bond acceptors (Lipinski definition) is 4. The summed E-state index contributed by atoms with van der Waals surface area (Å²) in [7, 11) is 0. The highest BCUT2D eigenvalue weighted by atomic mass is 35.5. The minimum Gasteiger partial charge on any atom is -0.351 e. The fourth-order valence-corrected chi connectivity index (χ4v) is 2.48. The summed E-state index contributed by atoms with van der Waals surface area (Å²) in [5.41, 5.74) is 0.899. The maximum absolute atomic E-state index is 12.0. The van der Waals surface area contributed by atoms with Gasteiger partial charge in [0.25, 0.3) is 0 Å². The van der Waals surface area contributed by atoms with Gasteiger partial charge in [-0.05, 0) is 24.6 Å². The molecule has 0 fully saturated rings. The molecule has 0 aliphatic heterocycles. The lowest BCUT2D eigenvalue weighted by atomic mass is 10.2. The minimum absolute atomic E-state index is 0.0672. The number of thioether (sulfide) groups is 1. The molecule has 1 amide bonds. The number of hydrogen-bond donors (Lipinski definition) is 1. The van der Waals surface area contributed by atoms with Gasteiger partial charge in [0.1, 0.15) is 0 Å². The van der Waals surface area contributed by atoms with Gasteiger partial charge in [0, 0.05) is 24.0 Å². The summed E-state index contributed by atoms with van der Waals surface area (Å²) in [6.45, 7) is 2.24. The highest BCUT2D eigenvalue weighted by molar-refractivity contribution is 8.00. The van der Waals surface area contributed by atoms with Gasteiger partial charge in [-0.15, -0.1) is 0 Å². The molecule has 1 N–H and O–H groups in total. The Balaban J connectivity index is 1.87. The van der Waals surface area contributed by atoms with Crippen LogP contribution < -0.4 is 5.32 Å². The summed E-state index contributed by atoms with van der Waals surface area (Å²) in [6.07, 6.45) is 3.31. The molecule has 0 radical (unpaired) electrons. The van der Waals surface area contributed by atoms with Crippen LogP contribution in [0.3, 0.4) is 0 Å². The van der Waals surface area contributed by atoms with Gasteiger partial charge in [-0.3, -0.25) is 4.79 Å². The number of nitrogens with one attached hydrogen (secondary N) is 1. The van der Waals surface area contributed by atoms with Crippen LogP contribution in [0.15, 0.2) is 47.9 Å². The minimum atomic E-state index is -0.264. The third-order valence-corrected chi connectivity index (χ3v) is 3.96. The van der Waals surface area contributed by atoms with Crippen molar-refractivity contribution in [1.29, 1.82) is 0 Å². The lowest BCUT2D eigenvalue weighted by Gasteiger charge is -2.11. The van der Waals surface area contributed by atoms with E-state index in [1.165, 1.54) is 11.8 Å². The summed E-state index contributed by atoms with van der Waals surface area (Å²) in [6, 6.07) is 9.19. The Hall–Kier alpha value is -1.59. The van der Waals surface area contributed by atoms with E-state index in [-0.39, 0.29) is 11.2 Å². The summed E-state index contributed by atoms with van der Waals surface area (Å²) < 4.78 is 0. The average molecular weight is 308 g/mol. The second-order valence-electron chi connectivity index (χ2n) is 4.10. The molecule has 1 unspecified atom stereocenters. The molecule has 4 nitrogen and oxygen atoms in total. The van der Waals surface area contributed by atoms with Crippen LogP contribution in [0, 0.1) is 0 Å². The summed E-state index contributed by atoms with van der Waals surface area (Å²) in [5, 5.41) is 3.84. The Morgan fingerprint density at radius 1 is 1.30 bits per heavy atom. The molecular weight excluding hydrogens is 294 g/mol. The van der Waals surface area contributed by atoms with E-state index >= 15 is 0 Å². The quantitative estimate of drug-likeness (QED) is 0.681. The Morgan fingerprint density at radius 3 is 2.70 bits per heavy atom. The Labute approximate surface area is 127 Å². The van der Waals surface area contributed by atoms with E-state index in [1.54, 1.807) is 24.5 Å². The summed E-state index contributed by atoms with van der Waals surface area (Å²) in [5.74, 6) is -0.0672. The fraction of sp³-hybridized carbons (Fsp3) is 0.214. The highest BCUT2D eigenvalue weighted by Gasteiger charge is 2.15. The molecule has 2 rings (SSSR count). The number of aromatic nitrogens is 2. The number of halogens is 1. The van der Waals surface area contributed by atoms with Crippen molar-refractivity contribution in [3.8, 4) is 0 Å². The smallest absolute Gasteiger partial charge is 0.233 e. The van der Waals surface area contributed by atoms with Gasteiger partial charge in [-0.2, -0.15) is 0 Å². The highest BCUT2D eigenvalue weighted by Crippen LogP contribution is 2.19. The van der Waals surface area contributed by atoms with E-state index in [0.29, 0.717) is 16.7 Å². The molecule has 0 bridgehead atoms. The van der Waals surface area contributed by atoms with Crippen molar-refractivity contribution >= 4 is 29.3 Å². The fourth-order valence-electron chi connectivity index (χ4n) is 1.53. The monoisotopic (exact) mass is 307 g/mol. The molecule has 20 heavy (non-hydrogen) atoms. The lowest BCUT2D eigenvalue weighted by molar-refractivity contribution is -0.120. The molecule has 6 heteroatoms. The first-order chi connectivity index (χ1) is 9.66. The van der Waals surface area contributed by atoms with Crippen molar-refractivity contribution in [3.05, 3.63) is 53.3 Å². The molecule has 1 aromatic heterocycles. The zero-order valence-corrected chi connectivity index (χ0v) is 12.5. The average Bonchev–Trinajstić information content (AvgIpc) is 2.47. The molecule has 1 heterocycles. The van der Waals surface area contributed by atoms with Crippen molar-refractivity contribution in [3.63, 3.8) is 0 Å². The van der Waals surface area contributed by atoms with Crippen molar-refractivity contribution in [1.82, 2.24) is 15.3 Å². The van der Waals surface area contributed by atoms with Crippen molar-refractivity contribution in [2.75, 3.05) is 0 Å². The van der Waals surface area contributed by atoms with Gasteiger partial charge in [0.2, 0.25) is 5.91 Å². The summed E-state index contributed by atoms with van der Waals surface area (Å²) >= 11 is 7.36. The Morgan fingerprint density at radius 2 is 2.00 bits per heavy atom. The number of benzene rings is 1. The topological polar surface area (TPSA) is 54.9 Å². The normalized spacial score (nSPS) is 11.9. The first kappa shape index (κ1) is 14.8. The number of amides is 1. The molecule has 0 saturated heterocycles. The largest absolute Gasteiger partial charge is 0.351 e. The zero-order valence-electron chi connectivity index (χ0n) is 10.9. The Bertz CT molecular complexity index is 580. The molecule has 0 aliphatic rings. The third kappa shape index (κ3) is 4.21. The molecule has 1 atom stereocenters. The molecular formula is C14H14ClN3OS. The van der Waals surface area contributed by atoms with Crippen LogP contribution in [-0.2, 0) is 11.3 Å². The van der Waals surface area contributed by atoms with Gasteiger partial charge in [-0.1, -0.05) is 41.6 Å². The third-order valence-electron chi connectivity index (χ3n) is 2.60. The molecule has 1 aromatic carbocycles. The van der Waals surface area contributed by atoms with Crippen LogP contribution in [0.5, 0.6) is 0 Å². The molecule has 0 aliphatic carbocycles. The number of nitrogens with zero attached hydrogens (tertiary/aromatic N) is 2. The van der Waals surface area contributed by atoms with Crippen molar-refractivity contribution < 1.29 is 4.79 Å². The van der Waals surface area contributed by atoms with Gasteiger partial charge >= 0.3 is 0 Å². The van der Waals surface area contributed by atoms with E-state index in [9.17, 15) is 4.79 Å². The van der Waals surface area contributed by atoms with E-state index < -0.39 is 0 Å². The van der Waals surface area contributed by atoms with Crippen LogP contribution in [0.1, 0.15) is 12.5 Å². The van der Waals surface area contributed by atoms with Crippen LogP contribution in [0.4, 0.5) is 0 Å². The summed E-state index contributed by atoms with van der Waals surface area (Å²) in [4.78, 5) is 20.2. The van der Waals surface area contributed by atoms with Crippen LogP contribution in [0.2, 0.25) is 5.02 Å². The van der Waals surface area contributed by atoms with E-state index in [4.69, 9.17) is 11.6 Å². The zero-order chi connectivity index (χ0) is 14.4. The number of carbonyl (C=O) groups is 1. The van der Waals surface area contributed by atoms with Crippen LogP contribution in [-0.4, -0.2) is 21.1 Å². The second-order valence-corrected chi connectivity index (χ2v) is 5.82. The maximum atomic E-state index is 12.0. The van der Waals surface area contributed by atoms with Crippen molar-refractivity contribution in [2.45, 2.75) is 23.9 Å². The standard InChI is InChI=1S/C14H14ClN3OS/c1-10(20-14-16-7-4-8-17-14)13(19)18-9-11-5-2-3-6-12(11)15/h2-8,10H,9H2,1H3,(H,18,19). The van der Waals surface area contributed by atoms with Gasteiger partial charge in [-0.25, -0.2) is 9.97 Å². The maximum Gasteiger partial charge on any atom is 0.233 e. The van der Waals surface area contributed by atoms with E-state index in [1.807, 2.05) is 25.1 Å². The SMILES string of the molecule is CC(Sc1ncccn1)C(=O)NCc1ccccc1Cl. The Kier molecular flexibility index (Phi) is 5.38. The van der Waals surface area contributed by atoms with Gasteiger partial charge in [0.05, 0.1) is 5.25 Å². The molecule has 104 valence electrons. The van der Waals surface area contributed by atoms with Crippen LogP contribution >= 0.6 is 23.4 Å². The van der Waals surface area contributed by atoms with E-state index in [0.717, 1.165) is 5.56 Å². The second kappa shape index (κ2) is 7.26. The first-order valence-electron chi connectivity index (χ1n) is 6.11. The number of rotatable bonds is 5. The van der Waals surface area contributed by atoms with Gasteiger partial charge < -0.3 is 5.32 Å². The molecule has 0 saturated carbocycles. The first-order valence-corrected chi connectivity index (χ1v) is 7.37. The number of carbonyl (C=O) groups excluding carboxylic acids is 1. The molecule has 2 aromatic rings. The predicted octanol–water partition coefficient (Wildman–Crippen LogP) is 2.93. The lowest BCUT2D eigenvalue weighted by Crippen LogP contribution is -2.30. The predicted molar refractivity (Wildman–Crippen MR) is 80.6 cm³/mol. The van der Waals surface area contributed by atoms with Crippen LogP contribution in [0.25, 0.3) is 0 Å². The molecule has 0 spiro atoms.